The summed E-state index contributed by atoms with van der Waals surface area (Å²) in [4.78, 5) is 29.2. The number of hydrogen-bond donors (Lipinski definition) is 1. The number of aromatic nitrogens is 2. The summed E-state index contributed by atoms with van der Waals surface area (Å²) in [7, 11) is 1.61. The number of rotatable bonds is 7. The molecule has 0 bridgehead atoms. The minimum absolute atomic E-state index is 0.0427. The number of hydrogen-bond acceptors (Lipinski definition) is 4. The van der Waals surface area contributed by atoms with Crippen LogP contribution >= 0.6 is 0 Å². The van der Waals surface area contributed by atoms with Gasteiger partial charge < -0.3 is 14.6 Å². The van der Waals surface area contributed by atoms with Crippen LogP contribution in [0.15, 0.2) is 48.5 Å². The van der Waals surface area contributed by atoms with Gasteiger partial charge in [-0.3, -0.25) is 9.59 Å². The summed E-state index contributed by atoms with van der Waals surface area (Å²) in [5, 5.41) is 3.00. The lowest BCUT2D eigenvalue weighted by Gasteiger charge is -2.19. The van der Waals surface area contributed by atoms with E-state index in [0.29, 0.717) is 5.82 Å². The predicted octanol–water partition coefficient (Wildman–Crippen LogP) is 3.61. The molecule has 2 unspecified atom stereocenters. The molecule has 28 heavy (non-hydrogen) atoms. The minimum atomic E-state index is -0.358. The third kappa shape index (κ3) is 4.06. The number of ketones is 1. The topological polar surface area (TPSA) is 73.2 Å². The Balaban J connectivity index is 1.82. The third-order valence-corrected chi connectivity index (χ3v) is 4.89. The molecule has 0 aliphatic heterocycles. The van der Waals surface area contributed by atoms with Gasteiger partial charge in [-0.2, -0.15) is 0 Å². The van der Waals surface area contributed by atoms with E-state index in [2.05, 4.69) is 10.3 Å². The van der Waals surface area contributed by atoms with Crippen molar-refractivity contribution in [1.29, 1.82) is 0 Å². The van der Waals surface area contributed by atoms with Crippen LogP contribution in [0.3, 0.4) is 0 Å². The number of nitrogens with one attached hydrogen (secondary N) is 1. The van der Waals surface area contributed by atoms with E-state index in [-0.39, 0.29) is 30.2 Å². The molecule has 0 saturated carbocycles. The number of nitrogens with zero attached hydrogens (tertiary/aromatic N) is 2. The Labute approximate surface area is 164 Å². The van der Waals surface area contributed by atoms with Gasteiger partial charge in [0.15, 0.2) is 5.78 Å². The number of methoxy groups -OCH3 is 1. The number of benzene rings is 2. The second-order valence-electron chi connectivity index (χ2n) is 6.93. The smallest absolute Gasteiger partial charge is 0.224 e. The zero-order chi connectivity index (χ0) is 20.3. The Morgan fingerprint density at radius 1 is 1.11 bits per heavy atom. The number of fused-ring (bicyclic) bond motifs is 1. The largest absolute Gasteiger partial charge is 0.497 e. The lowest BCUT2D eigenvalue weighted by molar-refractivity contribution is -0.121. The molecule has 2 aromatic carbocycles. The fraction of sp³-hybridized carbons (Fsp3) is 0.318. The molecule has 0 saturated heterocycles. The van der Waals surface area contributed by atoms with Gasteiger partial charge in [-0.25, -0.2) is 4.98 Å². The van der Waals surface area contributed by atoms with Crippen LogP contribution < -0.4 is 10.1 Å². The van der Waals surface area contributed by atoms with Crippen LogP contribution in [0.4, 0.5) is 0 Å². The van der Waals surface area contributed by atoms with Crippen LogP contribution in [0, 0.1) is 0 Å². The Hall–Kier alpha value is -3.15. The summed E-state index contributed by atoms with van der Waals surface area (Å²) in [6.45, 7) is 5.30. The maximum Gasteiger partial charge on any atom is 0.224 e. The molecule has 0 radical (unpaired) electrons. The molecule has 1 heterocycles. The van der Waals surface area contributed by atoms with Gasteiger partial charge in [0.2, 0.25) is 5.91 Å². The highest BCUT2D eigenvalue weighted by Gasteiger charge is 2.23. The number of ether oxygens (including phenoxy) is 1. The quantitative estimate of drug-likeness (QED) is 0.681. The average molecular weight is 379 g/mol. The van der Waals surface area contributed by atoms with E-state index in [1.54, 1.807) is 14.0 Å². The molecule has 1 aromatic heterocycles. The summed E-state index contributed by atoms with van der Waals surface area (Å²) in [5.41, 5.74) is 2.59. The van der Waals surface area contributed by atoms with Crippen LogP contribution in [-0.2, 0) is 16.0 Å². The van der Waals surface area contributed by atoms with Gasteiger partial charge in [-0.1, -0.05) is 24.3 Å². The number of para-hydroxylation sites is 2. The zero-order valence-corrected chi connectivity index (χ0v) is 16.6. The third-order valence-electron chi connectivity index (χ3n) is 4.89. The van der Waals surface area contributed by atoms with Crippen molar-refractivity contribution in [3.8, 4) is 5.75 Å². The molecule has 146 valence electrons. The number of imidazole rings is 1. The van der Waals surface area contributed by atoms with Crippen molar-refractivity contribution in [3.05, 3.63) is 59.9 Å². The highest BCUT2D eigenvalue weighted by molar-refractivity contribution is 5.84. The standard InChI is InChI=1S/C22H25N3O3/c1-14(23-21(27)13-17-9-11-18(28-4)12-10-17)22-24-19-7-5-6-8-20(19)25(22)15(2)16(3)26/h5-12,14-15H,13H2,1-4H3,(H,23,27). The molecule has 0 aliphatic rings. The van der Waals surface area contributed by atoms with Crippen LogP contribution in [0.5, 0.6) is 5.75 Å². The van der Waals surface area contributed by atoms with Crippen LogP contribution in [0.2, 0.25) is 0 Å². The van der Waals surface area contributed by atoms with Crippen LogP contribution in [0.25, 0.3) is 11.0 Å². The monoisotopic (exact) mass is 379 g/mol. The summed E-state index contributed by atoms with van der Waals surface area (Å²) in [6.07, 6.45) is 0.261. The number of Topliss-reactive ketones (excluding diaryl/α,β-unsaturated/α-hetero) is 1. The first kappa shape index (κ1) is 19.6. The van der Waals surface area contributed by atoms with E-state index < -0.39 is 0 Å². The molecular weight excluding hydrogens is 354 g/mol. The highest BCUT2D eigenvalue weighted by Crippen LogP contribution is 2.25. The normalized spacial score (nSPS) is 13.1. The van der Waals surface area contributed by atoms with Crippen molar-refractivity contribution in [2.75, 3.05) is 7.11 Å². The molecule has 6 heteroatoms. The molecule has 0 spiro atoms. The Kier molecular flexibility index (Phi) is 5.78. The van der Waals surface area contributed by atoms with E-state index in [9.17, 15) is 9.59 Å². The average Bonchev–Trinajstić information content (AvgIpc) is 3.07. The second kappa shape index (κ2) is 8.25. The molecule has 0 fully saturated rings. The van der Waals surface area contributed by atoms with Crippen LogP contribution in [0.1, 0.15) is 44.2 Å². The summed E-state index contributed by atoms with van der Waals surface area (Å²) >= 11 is 0. The highest BCUT2D eigenvalue weighted by atomic mass is 16.5. The lowest BCUT2D eigenvalue weighted by Crippen LogP contribution is -2.31. The Bertz CT molecular complexity index is 992. The maximum atomic E-state index is 12.5. The van der Waals surface area contributed by atoms with Gasteiger partial charge in [-0.15, -0.1) is 0 Å². The fourth-order valence-corrected chi connectivity index (χ4v) is 3.24. The van der Waals surface area contributed by atoms with Gasteiger partial charge in [-0.05, 0) is 50.6 Å². The van der Waals surface area contributed by atoms with Gasteiger partial charge in [0.1, 0.15) is 11.6 Å². The van der Waals surface area contributed by atoms with Crippen molar-refractivity contribution in [2.45, 2.75) is 39.3 Å². The molecular formula is C22H25N3O3. The summed E-state index contributed by atoms with van der Waals surface area (Å²) in [5.74, 6) is 1.37. The molecule has 3 rings (SSSR count). The van der Waals surface area contributed by atoms with E-state index in [0.717, 1.165) is 22.3 Å². The lowest BCUT2D eigenvalue weighted by atomic mass is 10.1. The first-order valence-corrected chi connectivity index (χ1v) is 9.30. The molecule has 1 N–H and O–H groups in total. The van der Waals surface area contributed by atoms with Crippen molar-refractivity contribution >= 4 is 22.7 Å². The van der Waals surface area contributed by atoms with Gasteiger partial charge in [0.25, 0.3) is 0 Å². The first-order chi connectivity index (χ1) is 13.4. The Morgan fingerprint density at radius 3 is 2.43 bits per heavy atom. The zero-order valence-electron chi connectivity index (χ0n) is 16.6. The van der Waals surface area contributed by atoms with E-state index >= 15 is 0 Å². The predicted molar refractivity (Wildman–Crippen MR) is 108 cm³/mol. The van der Waals surface area contributed by atoms with Crippen molar-refractivity contribution in [1.82, 2.24) is 14.9 Å². The molecule has 6 nitrogen and oxygen atoms in total. The minimum Gasteiger partial charge on any atom is -0.497 e. The first-order valence-electron chi connectivity index (χ1n) is 9.30. The van der Waals surface area contributed by atoms with E-state index in [1.165, 1.54) is 0 Å². The molecule has 3 aromatic rings. The summed E-state index contributed by atoms with van der Waals surface area (Å²) < 4.78 is 7.05. The molecule has 2 atom stereocenters. The maximum absolute atomic E-state index is 12.5. The van der Waals surface area contributed by atoms with Gasteiger partial charge in [0.05, 0.1) is 36.6 Å². The number of carbonyl (C=O) groups is 2. The van der Waals surface area contributed by atoms with Crippen LogP contribution in [-0.4, -0.2) is 28.4 Å². The SMILES string of the molecule is COc1ccc(CC(=O)NC(C)c2nc3ccccc3n2C(C)C(C)=O)cc1. The van der Waals surface area contributed by atoms with Gasteiger partial charge >= 0.3 is 0 Å². The summed E-state index contributed by atoms with van der Waals surface area (Å²) in [6, 6.07) is 14.4. The van der Waals surface area contributed by atoms with Gasteiger partial charge in [0, 0.05) is 0 Å². The second-order valence-corrected chi connectivity index (χ2v) is 6.93. The number of carbonyl (C=O) groups excluding carboxylic acids is 2. The number of amides is 1. The van der Waals surface area contributed by atoms with E-state index in [1.807, 2.05) is 66.9 Å². The molecule has 1 amide bonds. The van der Waals surface area contributed by atoms with Crippen molar-refractivity contribution in [2.24, 2.45) is 0 Å². The Morgan fingerprint density at radius 2 is 1.79 bits per heavy atom. The van der Waals surface area contributed by atoms with E-state index in [4.69, 9.17) is 4.74 Å². The van der Waals surface area contributed by atoms with Crippen molar-refractivity contribution in [3.63, 3.8) is 0 Å². The van der Waals surface area contributed by atoms with Crippen molar-refractivity contribution < 1.29 is 14.3 Å². The molecule has 0 aliphatic carbocycles. The fourth-order valence-electron chi connectivity index (χ4n) is 3.24.